The Hall–Kier alpha value is -3.48. The van der Waals surface area contributed by atoms with Gasteiger partial charge in [0, 0.05) is 25.7 Å². The second-order valence-corrected chi connectivity index (χ2v) is 6.85. The highest BCUT2D eigenvalue weighted by Crippen LogP contribution is 2.07. The van der Waals surface area contributed by atoms with Gasteiger partial charge in [-0.2, -0.15) is 0 Å². The minimum absolute atomic E-state index is 0.216. The van der Waals surface area contributed by atoms with Crippen molar-refractivity contribution in [3.63, 3.8) is 0 Å². The first-order chi connectivity index (χ1) is 15.0. The van der Waals surface area contributed by atoms with Crippen LogP contribution in [0.2, 0.25) is 0 Å². The van der Waals surface area contributed by atoms with Gasteiger partial charge >= 0.3 is 23.9 Å². The van der Waals surface area contributed by atoms with Crippen molar-refractivity contribution in [1.82, 2.24) is 0 Å². The lowest BCUT2D eigenvalue weighted by Crippen LogP contribution is -2.17. The van der Waals surface area contributed by atoms with Gasteiger partial charge in [0.15, 0.2) is 0 Å². The first-order valence-corrected chi connectivity index (χ1v) is 10.2. The third-order valence-electron chi connectivity index (χ3n) is 4.24. The van der Waals surface area contributed by atoms with Crippen molar-refractivity contribution in [3.8, 4) is 0 Å². The molecule has 1 heterocycles. The van der Waals surface area contributed by atoms with E-state index >= 15 is 0 Å². The zero-order chi connectivity index (χ0) is 22.3. The van der Waals surface area contributed by atoms with Gasteiger partial charge in [-0.25, -0.2) is 0 Å². The summed E-state index contributed by atoms with van der Waals surface area (Å²) in [4.78, 5) is 43.7. The quantitative estimate of drug-likeness (QED) is 0.359. The van der Waals surface area contributed by atoms with E-state index in [9.17, 15) is 19.2 Å². The third-order valence-corrected chi connectivity index (χ3v) is 4.24. The Balaban J connectivity index is 0.000000357. The van der Waals surface area contributed by atoms with Crippen LogP contribution in [0.1, 0.15) is 49.7 Å². The first-order valence-electron chi connectivity index (χ1n) is 10.2. The Morgan fingerprint density at radius 1 is 0.710 bits per heavy atom. The molecule has 0 amide bonds. The van der Waals surface area contributed by atoms with Crippen LogP contribution in [0.25, 0.3) is 0 Å². The standard InChI is InChI=1S/C19H20O4.C5H6O3/c20-18(22-14-16-8-3-1-4-9-16)12-7-13-19(21)23-15-17-10-5-2-6-11-17;6-4-2-1-3-5(7)8-4/h1-6,8-11H,7,12-15H2;1-3H2. The van der Waals surface area contributed by atoms with Crippen molar-refractivity contribution in [2.45, 2.75) is 51.7 Å². The van der Waals surface area contributed by atoms with Crippen LogP contribution in [0.5, 0.6) is 0 Å². The summed E-state index contributed by atoms with van der Waals surface area (Å²) in [6.07, 6.45) is 2.30. The molecule has 0 aliphatic carbocycles. The van der Waals surface area contributed by atoms with Gasteiger partial charge in [-0.1, -0.05) is 60.7 Å². The number of carbonyl (C=O) groups excluding carboxylic acids is 4. The van der Waals surface area contributed by atoms with Crippen LogP contribution in [-0.4, -0.2) is 23.9 Å². The summed E-state index contributed by atoms with van der Waals surface area (Å²) < 4.78 is 14.5. The van der Waals surface area contributed by atoms with Gasteiger partial charge in [0.25, 0.3) is 0 Å². The van der Waals surface area contributed by atoms with Crippen LogP contribution in [0.15, 0.2) is 60.7 Å². The molecule has 0 aromatic heterocycles. The van der Waals surface area contributed by atoms with E-state index in [1.165, 1.54) is 0 Å². The minimum Gasteiger partial charge on any atom is -0.461 e. The summed E-state index contributed by atoms with van der Waals surface area (Å²) >= 11 is 0. The molecule has 1 aliphatic heterocycles. The Labute approximate surface area is 181 Å². The zero-order valence-electron chi connectivity index (χ0n) is 17.3. The molecule has 1 saturated heterocycles. The van der Waals surface area contributed by atoms with E-state index in [0.29, 0.717) is 25.7 Å². The SMILES string of the molecule is O=C(CCCC(=O)OCc1ccccc1)OCc1ccccc1.O=C1CCCC(=O)O1. The number of hydrogen-bond acceptors (Lipinski definition) is 7. The van der Waals surface area contributed by atoms with Crippen LogP contribution in [-0.2, 0) is 46.6 Å². The molecule has 1 fully saturated rings. The number of hydrogen-bond donors (Lipinski definition) is 0. The molecule has 0 saturated carbocycles. The largest absolute Gasteiger partial charge is 0.461 e. The van der Waals surface area contributed by atoms with Crippen molar-refractivity contribution in [1.29, 1.82) is 0 Å². The highest BCUT2D eigenvalue weighted by molar-refractivity contribution is 5.87. The van der Waals surface area contributed by atoms with Gasteiger partial charge in [0.2, 0.25) is 0 Å². The van der Waals surface area contributed by atoms with E-state index in [1.54, 1.807) is 0 Å². The monoisotopic (exact) mass is 426 g/mol. The number of benzene rings is 2. The molecular weight excluding hydrogens is 400 g/mol. The summed E-state index contributed by atoms with van der Waals surface area (Å²) in [6.45, 7) is 0.524. The van der Waals surface area contributed by atoms with Crippen LogP contribution in [0.3, 0.4) is 0 Å². The number of esters is 4. The van der Waals surface area contributed by atoms with E-state index in [4.69, 9.17) is 9.47 Å². The van der Waals surface area contributed by atoms with E-state index < -0.39 is 0 Å². The van der Waals surface area contributed by atoms with E-state index in [-0.39, 0.29) is 49.9 Å². The molecule has 164 valence electrons. The Kier molecular flexibility index (Phi) is 10.5. The normalized spacial score (nSPS) is 12.8. The lowest BCUT2D eigenvalue weighted by Gasteiger charge is -2.06. The predicted molar refractivity (Wildman–Crippen MR) is 111 cm³/mol. The molecule has 0 spiro atoms. The van der Waals surface area contributed by atoms with Gasteiger partial charge < -0.3 is 14.2 Å². The fourth-order valence-corrected chi connectivity index (χ4v) is 2.60. The van der Waals surface area contributed by atoms with Crippen molar-refractivity contribution in [3.05, 3.63) is 71.8 Å². The maximum Gasteiger partial charge on any atom is 0.313 e. The van der Waals surface area contributed by atoms with E-state index in [2.05, 4.69) is 4.74 Å². The molecular formula is C24H26O7. The summed E-state index contributed by atoms with van der Waals surface area (Å²) in [6, 6.07) is 19.0. The second kappa shape index (κ2) is 13.7. The predicted octanol–water partition coefficient (Wildman–Crippen LogP) is 3.88. The molecule has 7 heteroatoms. The molecule has 3 rings (SSSR count). The van der Waals surface area contributed by atoms with Gasteiger partial charge in [0.05, 0.1) is 0 Å². The van der Waals surface area contributed by atoms with Crippen LogP contribution in [0, 0.1) is 0 Å². The summed E-state index contributed by atoms with van der Waals surface area (Å²) in [5.74, 6) is -1.38. The van der Waals surface area contributed by atoms with Crippen LogP contribution < -0.4 is 0 Å². The lowest BCUT2D eigenvalue weighted by atomic mass is 10.2. The fraction of sp³-hybridized carbons (Fsp3) is 0.333. The van der Waals surface area contributed by atoms with Crippen molar-refractivity contribution in [2.75, 3.05) is 0 Å². The van der Waals surface area contributed by atoms with Crippen LogP contribution in [0.4, 0.5) is 0 Å². The average molecular weight is 426 g/mol. The topological polar surface area (TPSA) is 96.0 Å². The molecule has 2 aromatic carbocycles. The highest BCUT2D eigenvalue weighted by atomic mass is 16.6. The van der Waals surface area contributed by atoms with E-state index in [0.717, 1.165) is 11.1 Å². The minimum atomic E-state index is -0.388. The lowest BCUT2D eigenvalue weighted by molar-refractivity contribution is -0.163. The second-order valence-electron chi connectivity index (χ2n) is 6.85. The van der Waals surface area contributed by atoms with E-state index in [1.807, 2.05) is 60.7 Å². The number of rotatable bonds is 8. The van der Waals surface area contributed by atoms with Crippen molar-refractivity contribution >= 4 is 23.9 Å². The molecule has 0 N–H and O–H groups in total. The van der Waals surface area contributed by atoms with Crippen LogP contribution >= 0.6 is 0 Å². The molecule has 31 heavy (non-hydrogen) atoms. The maximum atomic E-state index is 11.6. The molecule has 2 aromatic rings. The Morgan fingerprint density at radius 2 is 1.13 bits per heavy atom. The van der Waals surface area contributed by atoms with Crippen molar-refractivity contribution < 1.29 is 33.4 Å². The molecule has 0 atom stereocenters. The van der Waals surface area contributed by atoms with Gasteiger partial charge in [-0.05, 0) is 24.0 Å². The summed E-state index contributed by atoms with van der Waals surface area (Å²) in [5, 5.41) is 0. The Bertz CT molecular complexity index is 777. The van der Waals surface area contributed by atoms with Gasteiger partial charge in [0.1, 0.15) is 13.2 Å². The molecule has 0 radical (unpaired) electrons. The summed E-state index contributed by atoms with van der Waals surface area (Å²) in [5.41, 5.74) is 1.89. The number of carbonyl (C=O) groups is 4. The number of cyclic esters (lactones) is 2. The Morgan fingerprint density at radius 3 is 1.48 bits per heavy atom. The summed E-state index contributed by atoms with van der Waals surface area (Å²) in [7, 11) is 0. The molecule has 7 nitrogen and oxygen atoms in total. The highest BCUT2D eigenvalue weighted by Gasteiger charge is 2.16. The first kappa shape index (κ1) is 23.8. The average Bonchev–Trinajstić information content (AvgIpc) is 2.78. The maximum absolute atomic E-state index is 11.6. The zero-order valence-corrected chi connectivity index (χ0v) is 17.3. The number of ether oxygens (including phenoxy) is 3. The molecule has 0 bridgehead atoms. The fourth-order valence-electron chi connectivity index (χ4n) is 2.60. The molecule has 0 unspecified atom stereocenters. The molecule has 1 aliphatic rings. The van der Waals surface area contributed by atoms with Gasteiger partial charge in [-0.15, -0.1) is 0 Å². The third kappa shape index (κ3) is 10.7. The smallest absolute Gasteiger partial charge is 0.313 e. The van der Waals surface area contributed by atoms with Crippen molar-refractivity contribution in [2.24, 2.45) is 0 Å². The van der Waals surface area contributed by atoms with Gasteiger partial charge in [-0.3, -0.25) is 19.2 Å².